The average molecular weight is 202 g/mol. The minimum atomic E-state index is -3.16. The largest absolute Gasteiger partial charge is 0.473 e. The Morgan fingerprint density at radius 1 is 1.77 bits per heavy atom. The molecule has 13 heavy (non-hydrogen) atoms. The molecule has 0 aromatic rings. The number of nitrogens with one attached hydrogen (secondary N) is 2. The van der Waals surface area contributed by atoms with Crippen LogP contribution in [-0.4, -0.2) is 22.4 Å². The van der Waals surface area contributed by atoms with Crippen molar-refractivity contribution in [3.63, 3.8) is 0 Å². The SMILES string of the molecule is N=S(N)(=O)C1=C2OCC=CN2NC1. The summed E-state index contributed by atoms with van der Waals surface area (Å²) in [5.74, 6) is 0.407. The molecule has 0 spiro atoms. The topological polar surface area (TPSA) is 91.4 Å². The first-order valence-electron chi connectivity index (χ1n) is 3.71. The molecule has 0 aliphatic carbocycles. The number of hydrogen-bond donors (Lipinski definition) is 3. The molecule has 0 amide bonds. The lowest BCUT2D eigenvalue weighted by molar-refractivity contribution is 0.132. The van der Waals surface area contributed by atoms with Gasteiger partial charge in [0.25, 0.3) is 0 Å². The number of nitrogens with zero attached hydrogens (tertiary/aromatic N) is 1. The number of ether oxygens (including phenoxy) is 1. The van der Waals surface area contributed by atoms with Gasteiger partial charge >= 0.3 is 0 Å². The van der Waals surface area contributed by atoms with Crippen molar-refractivity contribution in [2.75, 3.05) is 13.2 Å². The van der Waals surface area contributed by atoms with E-state index in [1.54, 1.807) is 11.2 Å². The highest BCUT2D eigenvalue weighted by Crippen LogP contribution is 2.22. The van der Waals surface area contributed by atoms with Crippen molar-refractivity contribution in [2.45, 2.75) is 0 Å². The Balaban J connectivity index is 2.45. The Hall–Kier alpha value is -1.05. The van der Waals surface area contributed by atoms with E-state index >= 15 is 0 Å². The molecule has 0 saturated carbocycles. The van der Waals surface area contributed by atoms with E-state index in [0.29, 0.717) is 23.9 Å². The van der Waals surface area contributed by atoms with Crippen molar-refractivity contribution < 1.29 is 8.95 Å². The summed E-state index contributed by atoms with van der Waals surface area (Å²) in [5.41, 5.74) is 2.88. The average Bonchev–Trinajstić information content (AvgIpc) is 2.45. The molecule has 0 aromatic heterocycles. The normalized spacial score (nSPS) is 25.5. The molecule has 0 aromatic carbocycles. The van der Waals surface area contributed by atoms with Gasteiger partial charge in [-0.2, -0.15) is 0 Å². The fourth-order valence-corrected chi connectivity index (χ4v) is 1.92. The highest BCUT2D eigenvalue weighted by Gasteiger charge is 2.28. The molecule has 2 heterocycles. The molecule has 0 fully saturated rings. The molecule has 6 nitrogen and oxygen atoms in total. The highest BCUT2D eigenvalue weighted by atomic mass is 32.2. The Morgan fingerprint density at radius 3 is 3.23 bits per heavy atom. The zero-order chi connectivity index (χ0) is 9.47. The minimum absolute atomic E-state index is 0.304. The maximum atomic E-state index is 11.3. The summed E-state index contributed by atoms with van der Waals surface area (Å²) < 4.78 is 23.7. The van der Waals surface area contributed by atoms with Gasteiger partial charge in [-0.05, 0) is 6.08 Å². The van der Waals surface area contributed by atoms with Crippen LogP contribution in [0, 0.1) is 4.78 Å². The molecule has 1 unspecified atom stereocenters. The van der Waals surface area contributed by atoms with Crippen LogP contribution in [0.2, 0.25) is 0 Å². The molecular weight excluding hydrogens is 192 g/mol. The summed E-state index contributed by atoms with van der Waals surface area (Å²) in [7, 11) is -3.16. The van der Waals surface area contributed by atoms with Crippen LogP contribution in [0.15, 0.2) is 23.1 Å². The van der Waals surface area contributed by atoms with Gasteiger partial charge in [0.2, 0.25) is 5.88 Å². The molecule has 0 bridgehead atoms. The van der Waals surface area contributed by atoms with Crippen LogP contribution >= 0.6 is 0 Å². The van der Waals surface area contributed by atoms with Crippen molar-refractivity contribution in [3.8, 4) is 0 Å². The first-order valence-corrected chi connectivity index (χ1v) is 5.33. The van der Waals surface area contributed by atoms with E-state index < -0.39 is 9.92 Å². The van der Waals surface area contributed by atoms with Gasteiger partial charge in [-0.1, -0.05) is 0 Å². The molecular formula is C6H10N4O2S. The highest BCUT2D eigenvalue weighted by molar-refractivity contribution is 7.94. The Kier molecular flexibility index (Phi) is 1.79. The summed E-state index contributed by atoms with van der Waals surface area (Å²) in [6.45, 7) is 0.727. The van der Waals surface area contributed by atoms with Crippen molar-refractivity contribution in [2.24, 2.45) is 5.14 Å². The van der Waals surface area contributed by atoms with Crippen LogP contribution in [0.25, 0.3) is 0 Å². The van der Waals surface area contributed by atoms with Gasteiger partial charge < -0.3 is 4.74 Å². The van der Waals surface area contributed by atoms with E-state index in [0.717, 1.165) is 0 Å². The minimum Gasteiger partial charge on any atom is -0.473 e. The second-order valence-corrected chi connectivity index (χ2v) is 4.42. The first-order chi connectivity index (χ1) is 6.09. The summed E-state index contributed by atoms with van der Waals surface area (Å²) in [4.78, 5) is 0.317. The maximum Gasteiger partial charge on any atom is 0.224 e. The molecule has 2 rings (SSSR count). The number of hydrazine groups is 1. The second-order valence-electron chi connectivity index (χ2n) is 2.73. The Morgan fingerprint density at radius 2 is 2.54 bits per heavy atom. The van der Waals surface area contributed by atoms with Crippen LogP contribution < -0.4 is 10.6 Å². The fourth-order valence-electron chi connectivity index (χ4n) is 1.22. The van der Waals surface area contributed by atoms with Crippen molar-refractivity contribution in [1.82, 2.24) is 10.4 Å². The Bertz CT molecular complexity index is 383. The lowest BCUT2D eigenvalue weighted by Crippen LogP contribution is -2.29. The Labute approximate surface area is 76.1 Å². The van der Waals surface area contributed by atoms with Gasteiger partial charge in [0.05, 0.1) is 6.54 Å². The molecule has 72 valence electrons. The van der Waals surface area contributed by atoms with Crippen LogP contribution in [-0.2, 0) is 14.7 Å². The van der Waals surface area contributed by atoms with Crippen LogP contribution in [0.1, 0.15) is 0 Å². The second kappa shape index (κ2) is 2.72. The van der Waals surface area contributed by atoms with E-state index in [-0.39, 0.29) is 0 Å². The molecule has 2 aliphatic rings. The molecule has 0 radical (unpaired) electrons. The van der Waals surface area contributed by atoms with Crippen molar-refractivity contribution >= 4 is 9.92 Å². The van der Waals surface area contributed by atoms with E-state index in [2.05, 4.69) is 5.43 Å². The summed E-state index contributed by atoms with van der Waals surface area (Å²) in [6.07, 6.45) is 3.57. The summed E-state index contributed by atoms with van der Waals surface area (Å²) in [6, 6.07) is 0. The smallest absolute Gasteiger partial charge is 0.224 e. The van der Waals surface area contributed by atoms with Gasteiger partial charge in [0, 0.05) is 6.20 Å². The zero-order valence-corrected chi connectivity index (χ0v) is 7.63. The quantitative estimate of drug-likeness (QED) is 0.531. The van der Waals surface area contributed by atoms with E-state index in [9.17, 15) is 4.21 Å². The summed E-state index contributed by atoms with van der Waals surface area (Å²) in [5, 5.41) is 6.80. The van der Waals surface area contributed by atoms with Crippen LogP contribution in [0.3, 0.4) is 0 Å². The standard InChI is InChI=1S/C6H10N4O2S/c7-13(8,11)5-4-9-10-2-1-3-12-6(5)10/h1-2,9H,3-4H2,(H3,7,8,11). The van der Waals surface area contributed by atoms with E-state index in [4.69, 9.17) is 14.7 Å². The van der Waals surface area contributed by atoms with E-state index in [1.165, 1.54) is 0 Å². The van der Waals surface area contributed by atoms with Gasteiger partial charge in [0.1, 0.15) is 21.4 Å². The van der Waals surface area contributed by atoms with Gasteiger partial charge in [0.15, 0.2) is 0 Å². The lowest BCUT2D eigenvalue weighted by atomic mass is 10.5. The van der Waals surface area contributed by atoms with Gasteiger partial charge in [-0.15, -0.1) is 0 Å². The number of nitrogens with two attached hydrogens (primary N) is 1. The zero-order valence-electron chi connectivity index (χ0n) is 6.82. The number of rotatable bonds is 1. The van der Waals surface area contributed by atoms with E-state index in [1.807, 2.05) is 6.08 Å². The first kappa shape index (κ1) is 8.54. The molecule has 1 atom stereocenters. The third kappa shape index (κ3) is 1.41. The molecule has 4 N–H and O–H groups in total. The molecule has 7 heteroatoms. The van der Waals surface area contributed by atoms with Crippen molar-refractivity contribution in [3.05, 3.63) is 23.1 Å². The number of fused-ring (bicyclic) bond motifs is 1. The monoisotopic (exact) mass is 202 g/mol. The van der Waals surface area contributed by atoms with Crippen LogP contribution in [0.4, 0.5) is 0 Å². The third-order valence-corrected chi connectivity index (χ3v) is 2.86. The fraction of sp³-hybridized carbons (Fsp3) is 0.333. The van der Waals surface area contributed by atoms with Gasteiger partial charge in [-0.25, -0.2) is 19.6 Å². The number of hydrogen-bond acceptors (Lipinski definition) is 5. The van der Waals surface area contributed by atoms with Crippen LogP contribution in [0.5, 0.6) is 0 Å². The lowest BCUT2D eigenvalue weighted by Gasteiger charge is -2.21. The summed E-state index contributed by atoms with van der Waals surface area (Å²) >= 11 is 0. The van der Waals surface area contributed by atoms with Crippen molar-refractivity contribution in [1.29, 1.82) is 4.78 Å². The third-order valence-electron chi connectivity index (χ3n) is 1.80. The molecule has 0 saturated heterocycles. The predicted octanol–water partition coefficient (Wildman–Crippen LogP) is -0.560. The predicted molar refractivity (Wildman–Crippen MR) is 47.0 cm³/mol. The van der Waals surface area contributed by atoms with Gasteiger partial charge in [-0.3, -0.25) is 5.01 Å². The molecule has 2 aliphatic heterocycles. The maximum absolute atomic E-state index is 11.3.